The second kappa shape index (κ2) is 5.21. The number of hydrogen-bond donors (Lipinski definition) is 2. The summed E-state index contributed by atoms with van der Waals surface area (Å²) < 4.78 is 26.2. The number of aromatic amines is 1. The summed E-state index contributed by atoms with van der Waals surface area (Å²) in [6.07, 6.45) is 0. The predicted octanol–water partition coefficient (Wildman–Crippen LogP) is 2.30. The van der Waals surface area contributed by atoms with E-state index < -0.39 is 14.9 Å². The van der Waals surface area contributed by atoms with Gasteiger partial charge in [-0.15, -0.1) is 0 Å². The molecular formula is C10H12N4O4S2. The van der Waals surface area contributed by atoms with Crippen LogP contribution in [-0.2, 0) is 10.0 Å². The summed E-state index contributed by atoms with van der Waals surface area (Å²) >= 11 is 0.593. The molecule has 0 aromatic carbocycles. The van der Waals surface area contributed by atoms with Crippen LogP contribution in [0.3, 0.4) is 0 Å². The molecule has 0 saturated carbocycles. The van der Waals surface area contributed by atoms with Gasteiger partial charge >= 0.3 is 5.00 Å². The first-order chi connectivity index (χ1) is 9.29. The van der Waals surface area contributed by atoms with E-state index in [9.17, 15) is 18.5 Å². The van der Waals surface area contributed by atoms with Crippen molar-refractivity contribution in [2.75, 3.05) is 4.72 Å². The Balaban J connectivity index is 2.23. The Hall–Kier alpha value is -1.94. The number of anilines is 1. The molecule has 2 heterocycles. The van der Waals surface area contributed by atoms with Gasteiger partial charge in [0.05, 0.1) is 4.92 Å². The molecule has 2 rings (SSSR count). The van der Waals surface area contributed by atoms with E-state index in [-0.39, 0.29) is 20.9 Å². The topological polar surface area (TPSA) is 118 Å². The summed E-state index contributed by atoms with van der Waals surface area (Å²) in [7, 11) is -3.86. The van der Waals surface area contributed by atoms with E-state index in [1.807, 2.05) is 13.8 Å². The first kappa shape index (κ1) is 14.5. The van der Waals surface area contributed by atoms with Gasteiger partial charge < -0.3 is 0 Å². The van der Waals surface area contributed by atoms with Crippen molar-refractivity contribution in [1.82, 2.24) is 10.2 Å². The van der Waals surface area contributed by atoms with E-state index >= 15 is 0 Å². The largest absolute Gasteiger partial charge is 0.325 e. The van der Waals surface area contributed by atoms with Gasteiger partial charge in [-0.05, 0) is 23.3 Å². The third kappa shape index (κ3) is 2.96. The fourth-order valence-corrected chi connectivity index (χ4v) is 3.53. The third-order valence-electron chi connectivity index (χ3n) is 2.47. The number of sulfonamides is 1. The van der Waals surface area contributed by atoms with E-state index in [1.165, 1.54) is 6.07 Å². The average molecular weight is 316 g/mol. The van der Waals surface area contributed by atoms with Crippen molar-refractivity contribution in [1.29, 1.82) is 0 Å². The number of thiophene rings is 1. The van der Waals surface area contributed by atoms with Gasteiger partial charge in [0.25, 0.3) is 10.0 Å². The molecule has 0 saturated heterocycles. The lowest BCUT2D eigenvalue weighted by Crippen LogP contribution is -2.11. The quantitative estimate of drug-likeness (QED) is 0.648. The average Bonchev–Trinajstić information content (AvgIpc) is 2.95. The van der Waals surface area contributed by atoms with Crippen LogP contribution in [0.4, 0.5) is 10.8 Å². The Kier molecular flexibility index (Phi) is 3.77. The minimum atomic E-state index is -3.86. The molecular weight excluding hydrogens is 304 g/mol. The molecule has 0 amide bonds. The number of aromatic nitrogens is 2. The van der Waals surface area contributed by atoms with Gasteiger partial charge in [0.2, 0.25) is 0 Å². The number of nitrogens with one attached hydrogen (secondary N) is 2. The van der Waals surface area contributed by atoms with Crippen LogP contribution in [0.25, 0.3) is 0 Å². The first-order valence-electron chi connectivity index (χ1n) is 5.62. The molecule has 0 aliphatic carbocycles. The summed E-state index contributed by atoms with van der Waals surface area (Å²) in [6.45, 7) is 3.88. The lowest BCUT2D eigenvalue weighted by atomic mass is 10.1. The van der Waals surface area contributed by atoms with Crippen molar-refractivity contribution in [3.63, 3.8) is 0 Å². The Labute approximate surface area is 119 Å². The minimum Gasteiger partial charge on any atom is -0.280 e. The van der Waals surface area contributed by atoms with Gasteiger partial charge in [-0.3, -0.25) is 19.9 Å². The van der Waals surface area contributed by atoms with Crippen LogP contribution in [0.2, 0.25) is 0 Å². The molecule has 0 unspecified atom stereocenters. The van der Waals surface area contributed by atoms with Gasteiger partial charge in [-0.25, -0.2) is 8.42 Å². The molecule has 0 radical (unpaired) electrons. The van der Waals surface area contributed by atoms with Crippen LogP contribution < -0.4 is 4.72 Å². The van der Waals surface area contributed by atoms with E-state index in [2.05, 4.69) is 14.9 Å². The van der Waals surface area contributed by atoms with Crippen molar-refractivity contribution in [3.8, 4) is 0 Å². The Bertz CT molecular complexity index is 732. The first-order valence-corrected chi connectivity index (χ1v) is 7.92. The van der Waals surface area contributed by atoms with Crippen LogP contribution in [0, 0.1) is 10.1 Å². The van der Waals surface area contributed by atoms with E-state index in [0.717, 1.165) is 11.8 Å². The SMILES string of the molecule is CC(C)c1cc(NS(=O)(=O)c2ccc([N+](=O)[O-])s2)n[nH]1. The monoisotopic (exact) mass is 316 g/mol. The molecule has 8 nitrogen and oxygen atoms in total. The normalized spacial score (nSPS) is 11.8. The molecule has 10 heteroatoms. The van der Waals surface area contributed by atoms with Crippen molar-refractivity contribution in [3.05, 3.63) is 34.0 Å². The van der Waals surface area contributed by atoms with Gasteiger partial charge in [0, 0.05) is 17.8 Å². The maximum Gasteiger partial charge on any atom is 0.325 e. The molecule has 0 bridgehead atoms. The van der Waals surface area contributed by atoms with E-state index in [4.69, 9.17) is 0 Å². The molecule has 0 aliphatic heterocycles. The molecule has 2 N–H and O–H groups in total. The number of H-pyrrole nitrogens is 1. The summed E-state index contributed by atoms with van der Waals surface area (Å²) in [5.41, 5.74) is 0.792. The van der Waals surface area contributed by atoms with Crippen LogP contribution >= 0.6 is 11.3 Å². The fourth-order valence-electron chi connectivity index (χ4n) is 1.43. The smallest absolute Gasteiger partial charge is 0.280 e. The summed E-state index contributed by atoms with van der Waals surface area (Å²) in [6, 6.07) is 3.94. The predicted molar refractivity (Wildman–Crippen MR) is 74.5 cm³/mol. The van der Waals surface area contributed by atoms with Crippen molar-refractivity contribution >= 4 is 32.2 Å². The zero-order valence-corrected chi connectivity index (χ0v) is 12.3. The zero-order valence-electron chi connectivity index (χ0n) is 10.7. The van der Waals surface area contributed by atoms with Gasteiger partial charge in [0.15, 0.2) is 5.82 Å². The minimum absolute atomic E-state index is 0.127. The fraction of sp³-hybridized carbons (Fsp3) is 0.300. The standard InChI is InChI=1S/C10H12N4O4S2/c1-6(2)7-5-8(12-11-7)13-20(17,18)10-4-3-9(19-10)14(15)16/h3-6H,1-2H3,(H2,11,12,13). The maximum absolute atomic E-state index is 12.0. The van der Waals surface area contributed by atoms with Crippen molar-refractivity contribution < 1.29 is 13.3 Å². The highest BCUT2D eigenvalue weighted by Crippen LogP contribution is 2.29. The molecule has 2 aromatic heterocycles. The number of rotatable bonds is 5. The molecule has 20 heavy (non-hydrogen) atoms. The van der Waals surface area contributed by atoms with Crippen molar-refractivity contribution in [2.24, 2.45) is 0 Å². The second-order valence-corrected chi connectivity index (χ2v) is 7.29. The molecule has 0 spiro atoms. The third-order valence-corrected chi connectivity index (χ3v) is 5.35. The molecule has 0 aliphatic rings. The molecule has 0 fully saturated rings. The Morgan fingerprint density at radius 2 is 2.15 bits per heavy atom. The van der Waals surface area contributed by atoms with E-state index in [0.29, 0.717) is 11.3 Å². The zero-order chi connectivity index (χ0) is 14.9. The Morgan fingerprint density at radius 1 is 1.45 bits per heavy atom. The number of nitro groups is 1. The molecule has 2 aromatic rings. The lowest BCUT2D eigenvalue weighted by molar-refractivity contribution is -0.380. The highest BCUT2D eigenvalue weighted by atomic mass is 32.2. The van der Waals surface area contributed by atoms with Crippen LogP contribution in [0.15, 0.2) is 22.4 Å². The summed E-state index contributed by atoms with van der Waals surface area (Å²) in [4.78, 5) is 9.93. The van der Waals surface area contributed by atoms with Crippen LogP contribution in [0.1, 0.15) is 25.5 Å². The van der Waals surface area contributed by atoms with Gasteiger partial charge in [-0.2, -0.15) is 5.10 Å². The Morgan fingerprint density at radius 3 is 2.65 bits per heavy atom. The van der Waals surface area contributed by atoms with Gasteiger partial charge in [0.1, 0.15) is 4.21 Å². The van der Waals surface area contributed by atoms with Crippen LogP contribution in [0.5, 0.6) is 0 Å². The van der Waals surface area contributed by atoms with Crippen LogP contribution in [-0.4, -0.2) is 23.5 Å². The van der Waals surface area contributed by atoms with Crippen molar-refractivity contribution in [2.45, 2.75) is 24.0 Å². The van der Waals surface area contributed by atoms with E-state index in [1.54, 1.807) is 6.07 Å². The molecule has 0 atom stereocenters. The summed E-state index contributed by atoms with van der Waals surface area (Å²) in [5.74, 6) is 0.341. The highest BCUT2D eigenvalue weighted by molar-refractivity contribution is 7.94. The number of nitrogens with zero attached hydrogens (tertiary/aromatic N) is 2. The lowest BCUT2D eigenvalue weighted by Gasteiger charge is -2.01. The number of hydrogen-bond acceptors (Lipinski definition) is 6. The highest BCUT2D eigenvalue weighted by Gasteiger charge is 2.22. The maximum atomic E-state index is 12.0. The molecule has 108 valence electrons. The second-order valence-electron chi connectivity index (χ2n) is 4.32. The van der Waals surface area contributed by atoms with Gasteiger partial charge in [-0.1, -0.05) is 13.8 Å². The summed E-state index contributed by atoms with van der Waals surface area (Å²) in [5, 5.41) is 16.9.